The lowest BCUT2D eigenvalue weighted by molar-refractivity contribution is -0.134. The second-order valence-corrected chi connectivity index (χ2v) is 8.86. The maximum absolute atomic E-state index is 11.2. The van der Waals surface area contributed by atoms with Gasteiger partial charge in [-0.1, -0.05) is 53.4 Å². The zero-order valence-corrected chi connectivity index (χ0v) is 19.3. The van der Waals surface area contributed by atoms with Crippen LogP contribution in [-0.2, 0) is 4.79 Å². The van der Waals surface area contributed by atoms with Gasteiger partial charge in [-0.05, 0) is 77.9 Å². The van der Waals surface area contributed by atoms with E-state index in [0.717, 1.165) is 60.2 Å². The van der Waals surface area contributed by atoms with E-state index in [1.165, 1.54) is 0 Å². The van der Waals surface area contributed by atoms with Crippen LogP contribution in [0.3, 0.4) is 0 Å². The van der Waals surface area contributed by atoms with Crippen molar-refractivity contribution in [1.82, 2.24) is 5.32 Å². The topological polar surface area (TPSA) is 69.6 Å². The number of hydrogen-bond acceptors (Lipinski definition) is 3. The van der Waals surface area contributed by atoms with Gasteiger partial charge in [0.2, 0.25) is 0 Å². The predicted octanol–water partition coefficient (Wildman–Crippen LogP) is 6.73. The molecule has 0 aromatic heterocycles. The molecule has 1 aliphatic rings. The number of fused-ring (bicyclic) bond motifs is 1. The smallest absolute Gasteiger partial charge is 0.300 e. The Kier molecular flexibility index (Phi) is 8.20. The number of aliphatic hydroxyl groups is 1. The van der Waals surface area contributed by atoms with Crippen molar-refractivity contribution in [3.8, 4) is 11.1 Å². The average Bonchev–Trinajstić information content (AvgIpc) is 2.73. The maximum atomic E-state index is 11.2. The van der Waals surface area contributed by atoms with Crippen molar-refractivity contribution in [2.45, 2.75) is 38.3 Å². The van der Waals surface area contributed by atoms with Crippen molar-refractivity contribution < 1.29 is 15.0 Å². The quantitative estimate of drug-likeness (QED) is 0.388. The first-order chi connectivity index (χ1) is 14.8. The van der Waals surface area contributed by atoms with Crippen molar-refractivity contribution in [1.29, 1.82) is 0 Å². The summed E-state index contributed by atoms with van der Waals surface area (Å²) in [6.07, 6.45) is 2.58. The Balaban J connectivity index is 0.000000628. The minimum atomic E-state index is -0.833. The normalized spacial score (nSPS) is 17.0. The lowest BCUT2D eigenvalue weighted by atomic mass is 9.89. The number of hydrogen-bond donors (Lipinski definition) is 3. The Morgan fingerprint density at radius 2 is 1.65 bits per heavy atom. The largest absolute Gasteiger partial charge is 0.481 e. The molecule has 0 bridgehead atoms. The Morgan fingerprint density at radius 1 is 0.968 bits per heavy atom. The van der Waals surface area contributed by atoms with Gasteiger partial charge in [-0.15, -0.1) is 0 Å². The lowest BCUT2D eigenvalue weighted by Crippen LogP contribution is -2.38. The van der Waals surface area contributed by atoms with Crippen LogP contribution in [0, 0.1) is 0 Å². The molecule has 3 N–H and O–H groups in total. The minimum Gasteiger partial charge on any atom is -0.481 e. The molecule has 1 aliphatic heterocycles. The summed E-state index contributed by atoms with van der Waals surface area (Å²) in [5.41, 5.74) is 2.87. The molecule has 4 nitrogen and oxygen atoms in total. The molecule has 1 fully saturated rings. The van der Waals surface area contributed by atoms with Crippen LogP contribution in [0.15, 0.2) is 48.5 Å². The van der Waals surface area contributed by atoms with E-state index in [1.807, 2.05) is 42.5 Å². The summed E-state index contributed by atoms with van der Waals surface area (Å²) >= 11 is 18.8. The van der Waals surface area contributed by atoms with E-state index >= 15 is 0 Å². The van der Waals surface area contributed by atoms with Crippen LogP contribution in [-0.4, -0.2) is 28.8 Å². The number of aliphatic hydroxyl groups excluding tert-OH is 1. The fraction of sp³-hybridized carbons (Fsp3) is 0.292. The third kappa shape index (κ3) is 6.12. The Labute approximate surface area is 196 Å². The highest BCUT2D eigenvalue weighted by molar-refractivity contribution is 6.39. The highest BCUT2D eigenvalue weighted by Gasteiger charge is 2.25. The van der Waals surface area contributed by atoms with Gasteiger partial charge in [0.05, 0.1) is 6.10 Å². The van der Waals surface area contributed by atoms with Gasteiger partial charge in [0, 0.05) is 33.4 Å². The van der Waals surface area contributed by atoms with Crippen LogP contribution >= 0.6 is 34.8 Å². The number of carboxylic acids is 1. The van der Waals surface area contributed by atoms with Gasteiger partial charge in [0.15, 0.2) is 0 Å². The molecule has 1 saturated heterocycles. The number of piperidine rings is 1. The summed E-state index contributed by atoms with van der Waals surface area (Å²) < 4.78 is 0. The van der Waals surface area contributed by atoms with Crippen molar-refractivity contribution in [3.05, 3.63) is 69.2 Å². The van der Waals surface area contributed by atoms with E-state index in [9.17, 15) is 5.11 Å². The van der Waals surface area contributed by atoms with Gasteiger partial charge in [0.25, 0.3) is 5.97 Å². The molecule has 31 heavy (non-hydrogen) atoms. The number of carbonyl (C=O) groups is 1. The Bertz CT molecular complexity index is 1060. The minimum absolute atomic E-state index is 0.0279. The summed E-state index contributed by atoms with van der Waals surface area (Å²) in [5, 5.41) is 25.7. The number of halogens is 3. The van der Waals surface area contributed by atoms with Crippen LogP contribution in [0.5, 0.6) is 0 Å². The van der Waals surface area contributed by atoms with Crippen LogP contribution in [0.25, 0.3) is 21.9 Å². The zero-order valence-electron chi connectivity index (χ0n) is 17.0. The van der Waals surface area contributed by atoms with Gasteiger partial charge in [0.1, 0.15) is 0 Å². The molecular weight excluding hydrogens is 457 g/mol. The van der Waals surface area contributed by atoms with Gasteiger partial charge in [-0.25, -0.2) is 0 Å². The summed E-state index contributed by atoms with van der Waals surface area (Å²) in [6, 6.07) is 15.4. The van der Waals surface area contributed by atoms with Crippen molar-refractivity contribution in [2.75, 3.05) is 6.54 Å². The molecule has 164 valence electrons. The molecule has 0 saturated carbocycles. The summed E-state index contributed by atoms with van der Waals surface area (Å²) in [4.78, 5) is 9.00. The standard InChI is InChI=1S/C22H20Cl3NO.C2H4O2/c23-15-6-4-13(5-7-15)14-9-18-17(11-16(24)12-20(18)25)19(10-14)22(27)21-3-1-2-8-26-21;1-2(3)4/h4-7,9-12,21-22,26-27H,1-3,8H2;1H3,(H,3,4). The summed E-state index contributed by atoms with van der Waals surface area (Å²) in [5.74, 6) is -0.833. The summed E-state index contributed by atoms with van der Waals surface area (Å²) in [7, 11) is 0. The Morgan fingerprint density at radius 3 is 2.26 bits per heavy atom. The van der Waals surface area contributed by atoms with Crippen LogP contribution < -0.4 is 5.32 Å². The fourth-order valence-corrected chi connectivity index (χ4v) is 4.51. The molecule has 0 spiro atoms. The maximum Gasteiger partial charge on any atom is 0.300 e. The van der Waals surface area contributed by atoms with Gasteiger partial charge >= 0.3 is 0 Å². The number of rotatable bonds is 3. The Hall–Kier alpha value is -1.82. The molecule has 2 unspecified atom stereocenters. The average molecular weight is 481 g/mol. The van der Waals surface area contributed by atoms with Crippen molar-refractivity contribution in [2.24, 2.45) is 0 Å². The third-order valence-electron chi connectivity index (χ3n) is 5.24. The van der Waals surface area contributed by atoms with Gasteiger partial charge in [-0.3, -0.25) is 4.79 Å². The van der Waals surface area contributed by atoms with E-state index in [0.29, 0.717) is 15.1 Å². The fourth-order valence-electron chi connectivity index (χ4n) is 3.83. The lowest BCUT2D eigenvalue weighted by Gasteiger charge is -2.29. The van der Waals surface area contributed by atoms with Crippen molar-refractivity contribution in [3.63, 3.8) is 0 Å². The number of benzene rings is 3. The molecule has 3 aromatic rings. The predicted molar refractivity (Wildman–Crippen MR) is 128 cm³/mol. The molecular formula is C24H24Cl3NO3. The molecule has 0 radical (unpaired) electrons. The van der Waals surface area contributed by atoms with E-state index in [2.05, 4.69) is 5.32 Å². The van der Waals surface area contributed by atoms with Gasteiger partial charge in [-0.2, -0.15) is 0 Å². The second kappa shape index (κ2) is 10.7. The van der Waals surface area contributed by atoms with E-state index < -0.39 is 12.1 Å². The first-order valence-corrected chi connectivity index (χ1v) is 11.2. The second-order valence-electron chi connectivity index (χ2n) is 7.58. The number of aliphatic carboxylic acids is 1. The molecule has 7 heteroatoms. The summed E-state index contributed by atoms with van der Waals surface area (Å²) in [6.45, 7) is 2.01. The molecule has 0 amide bonds. The molecule has 1 heterocycles. The highest BCUT2D eigenvalue weighted by Crippen LogP contribution is 2.38. The third-order valence-corrected chi connectivity index (χ3v) is 6.02. The van der Waals surface area contributed by atoms with Crippen LogP contribution in [0.4, 0.5) is 0 Å². The number of nitrogens with one attached hydrogen (secondary N) is 1. The van der Waals surface area contributed by atoms with Crippen LogP contribution in [0.2, 0.25) is 15.1 Å². The first-order valence-electron chi connectivity index (χ1n) is 10.1. The number of carboxylic acid groups (broad SMARTS) is 1. The SMILES string of the molecule is CC(=O)O.OC(c1cc(-c2ccc(Cl)cc2)cc2c(Cl)cc(Cl)cc12)C1CCCCN1. The molecule has 0 aliphatic carbocycles. The molecule has 2 atom stereocenters. The monoisotopic (exact) mass is 479 g/mol. The van der Waals surface area contributed by atoms with E-state index in [4.69, 9.17) is 44.7 Å². The first kappa shape index (κ1) is 23.8. The van der Waals surface area contributed by atoms with Gasteiger partial charge < -0.3 is 15.5 Å². The van der Waals surface area contributed by atoms with E-state index in [-0.39, 0.29) is 6.04 Å². The van der Waals surface area contributed by atoms with Crippen molar-refractivity contribution >= 4 is 51.5 Å². The molecule has 3 aromatic carbocycles. The zero-order chi connectivity index (χ0) is 22.5. The van der Waals surface area contributed by atoms with Crippen LogP contribution in [0.1, 0.15) is 37.9 Å². The molecule has 4 rings (SSSR count). The highest BCUT2D eigenvalue weighted by atomic mass is 35.5. The van der Waals surface area contributed by atoms with E-state index in [1.54, 1.807) is 6.07 Å².